The number of nitro groups is 1. The van der Waals surface area contributed by atoms with Gasteiger partial charge in [0.1, 0.15) is 6.20 Å². The maximum Gasteiger partial charge on any atom is 0.287 e. The van der Waals surface area contributed by atoms with Gasteiger partial charge in [-0.15, -0.1) is 0 Å². The Bertz CT molecular complexity index is 337. The molecule has 0 atom stereocenters. The van der Waals surface area contributed by atoms with Crippen LogP contribution < -0.4 is 0 Å². The van der Waals surface area contributed by atoms with Gasteiger partial charge in [0.15, 0.2) is 0 Å². The van der Waals surface area contributed by atoms with E-state index in [-0.39, 0.29) is 5.69 Å². The van der Waals surface area contributed by atoms with Gasteiger partial charge in [-0.25, -0.2) is 0 Å². The van der Waals surface area contributed by atoms with Crippen LogP contribution in [0.15, 0.2) is 12.3 Å². The lowest BCUT2D eigenvalue weighted by Gasteiger charge is -2.04. The number of nitrogens with zero attached hydrogens (tertiary/aromatic N) is 2. The topological polar surface area (TPSA) is 56.0 Å². The number of hydrogen-bond donors (Lipinski definition) is 0. The second-order valence-corrected chi connectivity index (χ2v) is 3.16. The van der Waals surface area contributed by atoms with Crippen molar-refractivity contribution in [3.8, 4) is 0 Å². The van der Waals surface area contributed by atoms with Crippen LogP contribution in [-0.2, 0) is 12.8 Å². The molecule has 0 saturated heterocycles. The zero-order valence-electron chi connectivity index (χ0n) is 8.49. The fourth-order valence-corrected chi connectivity index (χ4v) is 1.39. The molecule has 4 nitrogen and oxygen atoms in total. The van der Waals surface area contributed by atoms with Crippen LogP contribution in [0.4, 0.5) is 5.69 Å². The Morgan fingerprint density at radius 3 is 2.71 bits per heavy atom. The first kappa shape index (κ1) is 10.6. The lowest BCUT2D eigenvalue weighted by Crippen LogP contribution is -1.99. The number of hydrogen-bond acceptors (Lipinski definition) is 3. The highest BCUT2D eigenvalue weighted by Crippen LogP contribution is 2.16. The summed E-state index contributed by atoms with van der Waals surface area (Å²) in [6.07, 6.45) is 4.03. The zero-order valence-corrected chi connectivity index (χ0v) is 8.49. The van der Waals surface area contributed by atoms with E-state index >= 15 is 0 Å². The molecule has 0 fully saturated rings. The SMILES string of the molecule is CCCc1ncc([N+](=O)[O-])cc1CC. The highest BCUT2D eigenvalue weighted by Gasteiger charge is 2.10. The van der Waals surface area contributed by atoms with E-state index in [2.05, 4.69) is 11.9 Å². The largest absolute Gasteiger partial charge is 0.287 e. The highest BCUT2D eigenvalue weighted by molar-refractivity contribution is 5.34. The van der Waals surface area contributed by atoms with Gasteiger partial charge < -0.3 is 0 Å². The van der Waals surface area contributed by atoms with E-state index in [0.29, 0.717) is 0 Å². The summed E-state index contributed by atoms with van der Waals surface area (Å²) in [5.74, 6) is 0. The predicted molar refractivity (Wildman–Crippen MR) is 54.3 cm³/mol. The monoisotopic (exact) mass is 194 g/mol. The summed E-state index contributed by atoms with van der Waals surface area (Å²) in [5.41, 5.74) is 2.06. The van der Waals surface area contributed by atoms with E-state index in [1.165, 1.54) is 6.20 Å². The van der Waals surface area contributed by atoms with Crippen LogP contribution in [0, 0.1) is 10.1 Å². The summed E-state index contributed by atoms with van der Waals surface area (Å²) in [5, 5.41) is 10.5. The average molecular weight is 194 g/mol. The second-order valence-electron chi connectivity index (χ2n) is 3.16. The fourth-order valence-electron chi connectivity index (χ4n) is 1.39. The van der Waals surface area contributed by atoms with E-state index in [0.717, 1.165) is 30.5 Å². The molecule has 0 spiro atoms. The fraction of sp³-hybridized carbons (Fsp3) is 0.500. The number of rotatable bonds is 4. The van der Waals surface area contributed by atoms with Crippen molar-refractivity contribution in [3.63, 3.8) is 0 Å². The summed E-state index contributed by atoms with van der Waals surface area (Å²) >= 11 is 0. The summed E-state index contributed by atoms with van der Waals surface area (Å²) in [6.45, 7) is 4.06. The molecule has 0 unspecified atom stereocenters. The molecule has 0 aliphatic carbocycles. The van der Waals surface area contributed by atoms with Crippen molar-refractivity contribution in [3.05, 3.63) is 33.6 Å². The third-order valence-corrected chi connectivity index (χ3v) is 2.12. The standard InChI is InChI=1S/C10H14N2O2/c1-3-5-10-8(4-2)6-9(7-11-10)12(13)14/h6-7H,3-5H2,1-2H3. The number of aryl methyl sites for hydroxylation is 2. The van der Waals surface area contributed by atoms with Crippen molar-refractivity contribution in [2.45, 2.75) is 33.1 Å². The summed E-state index contributed by atoms with van der Waals surface area (Å²) in [4.78, 5) is 14.2. The molecule has 1 rings (SSSR count). The molecule has 0 radical (unpaired) electrons. The summed E-state index contributed by atoms with van der Waals surface area (Å²) < 4.78 is 0. The maximum atomic E-state index is 10.5. The molecule has 4 heteroatoms. The minimum Gasteiger partial charge on any atom is -0.258 e. The normalized spacial score (nSPS) is 10.1. The quantitative estimate of drug-likeness (QED) is 0.546. The molecule has 1 heterocycles. The molecule has 0 bridgehead atoms. The molecule has 0 aliphatic heterocycles. The number of aromatic nitrogens is 1. The van der Waals surface area contributed by atoms with Gasteiger partial charge in [0.25, 0.3) is 5.69 Å². The van der Waals surface area contributed by atoms with E-state index in [1.54, 1.807) is 6.07 Å². The van der Waals surface area contributed by atoms with Crippen molar-refractivity contribution in [2.24, 2.45) is 0 Å². The van der Waals surface area contributed by atoms with Crippen LogP contribution in [0.2, 0.25) is 0 Å². The van der Waals surface area contributed by atoms with Crippen molar-refractivity contribution in [1.82, 2.24) is 4.98 Å². The Hall–Kier alpha value is -1.45. The maximum absolute atomic E-state index is 10.5. The van der Waals surface area contributed by atoms with Crippen molar-refractivity contribution in [1.29, 1.82) is 0 Å². The Morgan fingerprint density at radius 1 is 1.50 bits per heavy atom. The van der Waals surface area contributed by atoms with E-state index in [1.807, 2.05) is 6.92 Å². The molecule has 0 aliphatic rings. The molecule has 1 aromatic heterocycles. The van der Waals surface area contributed by atoms with Crippen molar-refractivity contribution in [2.75, 3.05) is 0 Å². The smallest absolute Gasteiger partial charge is 0.258 e. The lowest BCUT2D eigenvalue weighted by molar-refractivity contribution is -0.385. The van der Waals surface area contributed by atoms with Gasteiger partial charge in [0.2, 0.25) is 0 Å². The minimum atomic E-state index is -0.401. The Morgan fingerprint density at radius 2 is 2.21 bits per heavy atom. The van der Waals surface area contributed by atoms with Gasteiger partial charge in [-0.1, -0.05) is 20.3 Å². The average Bonchev–Trinajstić information content (AvgIpc) is 2.18. The third kappa shape index (κ3) is 2.28. The summed E-state index contributed by atoms with van der Waals surface area (Å²) in [7, 11) is 0. The van der Waals surface area contributed by atoms with E-state index in [9.17, 15) is 10.1 Å². The van der Waals surface area contributed by atoms with Crippen LogP contribution in [-0.4, -0.2) is 9.91 Å². The van der Waals surface area contributed by atoms with Gasteiger partial charge in [0, 0.05) is 11.8 Å². The molecule has 76 valence electrons. The second kappa shape index (κ2) is 4.69. The van der Waals surface area contributed by atoms with Gasteiger partial charge >= 0.3 is 0 Å². The lowest BCUT2D eigenvalue weighted by atomic mass is 10.1. The van der Waals surface area contributed by atoms with E-state index in [4.69, 9.17) is 0 Å². The van der Waals surface area contributed by atoms with Gasteiger partial charge in [0.05, 0.1) is 4.92 Å². The van der Waals surface area contributed by atoms with Crippen LogP contribution in [0.3, 0.4) is 0 Å². The number of pyridine rings is 1. The molecule has 0 aromatic carbocycles. The van der Waals surface area contributed by atoms with Crippen molar-refractivity contribution >= 4 is 5.69 Å². The Kier molecular flexibility index (Phi) is 3.56. The first-order valence-electron chi connectivity index (χ1n) is 4.81. The summed E-state index contributed by atoms with van der Waals surface area (Å²) in [6, 6.07) is 1.62. The Balaban J connectivity index is 3.04. The van der Waals surface area contributed by atoms with Crippen LogP contribution in [0.25, 0.3) is 0 Å². The Labute approximate surface area is 83.1 Å². The molecule has 0 N–H and O–H groups in total. The van der Waals surface area contributed by atoms with Gasteiger partial charge in [-0.3, -0.25) is 15.1 Å². The van der Waals surface area contributed by atoms with Gasteiger partial charge in [-0.05, 0) is 18.4 Å². The minimum absolute atomic E-state index is 0.0849. The third-order valence-electron chi connectivity index (χ3n) is 2.12. The molecule has 0 saturated carbocycles. The molecule has 14 heavy (non-hydrogen) atoms. The van der Waals surface area contributed by atoms with Gasteiger partial charge in [-0.2, -0.15) is 0 Å². The molecule has 1 aromatic rings. The van der Waals surface area contributed by atoms with Crippen LogP contribution in [0.5, 0.6) is 0 Å². The van der Waals surface area contributed by atoms with Crippen LogP contribution in [0.1, 0.15) is 31.5 Å². The first-order valence-corrected chi connectivity index (χ1v) is 4.81. The molecular weight excluding hydrogens is 180 g/mol. The zero-order chi connectivity index (χ0) is 10.6. The van der Waals surface area contributed by atoms with Crippen LogP contribution >= 0.6 is 0 Å². The molecule has 0 amide bonds. The highest BCUT2D eigenvalue weighted by atomic mass is 16.6. The first-order chi connectivity index (χ1) is 6.69. The van der Waals surface area contributed by atoms with Crippen molar-refractivity contribution < 1.29 is 4.92 Å². The predicted octanol–water partition coefficient (Wildman–Crippen LogP) is 2.50. The molecular formula is C10H14N2O2. The van der Waals surface area contributed by atoms with E-state index < -0.39 is 4.92 Å².